The minimum absolute atomic E-state index is 0.0213. The molecule has 0 amide bonds. The first-order valence-electron chi connectivity index (χ1n) is 6.48. The second kappa shape index (κ2) is 6.85. The molecule has 0 fully saturated rings. The molecular weight excluding hydrogens is 282 g/mol. The Hall–Kier alpha value is -1.41. The summed E-state index contributed by atoms with van der Waals surface area (Å²) in [7, 11) is -2.62. The van der Waals surface area contributed by atoms with E-state index in [9.17, 15) is 13.2 Å². The Balaban J connectivity index is 3.06. The molecular formula is C12H21N3O4S. The van der Waals surface area contributed by atoms with Crippen LogP contribution in [0.5, 0.6) is 0 Å². The van der Waals surface area contributed by atoms with Crippen LogP contribution in [0.3, 0.4) is 0 Å². The van der Waals surface area contributed by atoms with Gasteiger partial charge in [0.15, 0.2) is 0 Å². The van der Waals surface area contributed by atoms with Gasteiger partial charge in [-0.1, -0.05) is 20.8 Å². The summed E-state index contributed by atoms with van der Waals surface area (Å²) in [6.45, 7) is 6.09. The molecule has 114 valence electrons. The van der Waals surface area contributed by atoms with Crippen LogP contribution in [0.2, 0.25) is 0 Å². The van der Waals surface area contributed by atoms with E-state index in [1.807, 2.05) is 13.8 Å². The maximum atomic E-state index is 12.2. The summed E-state index contributed by atoms with van der Waals surface area (Å²) < 4.78 is 31.4. The fourth-order valence-corrected chi connectivity index (χ4v) is 2.84. The predicted molar refractivity (Wildman–Crippen MR) is 73.9 cm³/mol. The molecule has 1 aromatic rings. The van der Waals surface area contributed by atoms with Gasteiger partial charge in [0, 0.05) is 6.54 Å². The number of carbonyl (C=O) groups excluding carboxylic acids is 1. The van der Waals surface area contributed by atoms with Gasteiger partial charge in [-0.2, -0.15) is 5.10 Å². The number of sulfonamides is 1. The zero-order chi connectivity index (χ0) is 15.3. The Morgan fingerprint density at radius 1 is 1.45 bits per heavy atom. The van der Waals surface area contributed by atoms with Crippen molar-refractivity contribution in [3.63, 3.8) is 0 Å². The van der Waals surface area contributed by atoms with Gasteiger partial charge < -0.3 is 4.74 Å². The van der Waals surface area contributed by atoms with Gasteiger partial charge in [-0.05, 0) is 18.8 Å². The van der Waals surface area contributed by atoms with Gasteiger partial charge in [0.1, 0.15) is 5.56 Å². The van der Waals surface area contributed by atoms with Crippen molar-refractivity contribution < 1.29 is 17.9 Å². The molecule has 1 aromatic heterocycles. The molecule has 0 saturated heterocycles. The monoisotopic (exact) mass is 303 g/mol. The van der Waals surface area contributed by atoms with Crippen molar-refractivity contribution in [2.24, 2.45) is 5.92 Å². The molecule has 0 aliphatic heterocycles. The minimum atomic E-state index is -3.82. The third kappa shape index (κ3) is 3.80. The van der Waals surface area contributed by atoms with Gasteiger partial charge in [-0.3, -0.25) is 5.10 Å². The molecule has 1 heterocycles. The Morgan fingerprint density at radius 3 is 2.60 bits per heavy atom. The lowest BCUT2D eigenvalue weighted by molar-refractivity contribution is 0.0595. The summed E-state index contributed by atoms with van der Waals surface area (Å²) in [5, 5.41) is 6.02. The number of hydrogen-bond donors (Lipinski definition) is 2. The lowest BCUT2D eigenvalue weighted by atomic mass is 10.1. The maximum absolute atomic E-state index is 12.2. The lowest BCUT2D eigenvalue weighted by Crippen LogP contribution is -2.27. The highest BCUT2D eigenvalue weighted by atomic mass is 32.2. The fraction of sp³-hybridized carbons (Fsp3) is 0.667. The molecule has 0 saturated carbocycles. The highest BCUT2D eigenvalue weighted by Gasteiger charge is 2.29. The normalized spacial score (nSPS) is 11.8. The summed E-state index contributed by atoms with van der Waals surface area (Å²) in [6, 6.07) is 0. The largest absolute Gasteiger partial charge is 0.465 e. The molecule has 0 aromatic carbocycles. The van der Waals surface area contributed by atoms with Crippen LogP contribution in [0.25, 0.3) is 0 Å². The zero-order valence-corrected chi connectivity index (χ0v) is 13.0. The number of nitrogens with one attached hydrogen (secondary N) is 2. The fourth-order valence-electron chi connectivity index (χ4n) is 1.67. The van der Waals surface area contributed by atoms with E-state index in [1.165, 1.54) is 7.11 Å². The van der Waals surface area contributed by atoms with Crippen LogP contribution in [0.15, 0.2) is 5.03 Å². The van der Waals surface area contributed by atoms with E-state index in [2.05, 4.69) is 19.7 Å². The molecule has 7 nitrogen and oxygen atoms in total. The first-order valence-corrected chi connectivity index (χ1v) is 7.97. The van der Waals surface area contributed by atoms with E-state index in [1.54, 1.807) is 6.92 Å². The van der Waals surface area contributed by atoms with E-state index >= 15 is 0 Å². The summed E-state index contributed by atoms with van der Waals surface area (Å²) in [5.74, 6) is -0.331. The van der Waals surface area contributed by atoms with Gasteiger partial charge in [0.05, 0.1) is 12.8 Å². The zero-order valence-electron chi connectivity index (χ0n) is 12.2. The average Bonchev–Trinajstić information content (AvgIpc) is 2.81. The Kier molecular flexibility index (Phi) is 5.70. The predicted octanol–water partition coefficient (Wildman–Crippen LogP) is 1.08. The van der Waals surface area contributed by atoms with E-state index in [4.69, 9.17) is 0 Å². The average molecular weight is 303 g/mol. The van der Waals surface area contributed by atoms with Crippen LogP contribution in [-0.2, 0) is 21.2 Å². The molecule has 20 heavy (non-hydrogen) atoms. The molecule has 0 bridgehead atoms. The van der Waals surface area contributed by atoms with Crippen LogP contribution >= 0.6 is 0 Å². The van der Waals surface area contributed by atoms with Crippen molar-refractivity contribution in [2.75, 3.05) is 13.7 Å². The number of nitrogens with zero attached hydrogens (tertiary/aromatic N) is 1. The number of carbonyl (C=O) groups is 1. The van der Waals surface area contributed by atoms with Crippen molar-refractivity contribution in [2.45, 2.75) is 38.6 Å². The van der Waals surface area contributed by atoms with Crippen molar-refractivity contribution in [1.29, 1.82) is 0 Å². The third-order valence-electron chi connectivity index (χ3n) is 2.82. The molecule has 0 atom stereocenters. The third-order valence-corrected chi connectivity index (χ3v) is 4.21. The quantitative estimate of drug-likeness (QED) is 0.734. The molecule has 0 spiro atoms. The number of rotatable bonds is 7. The summed E-state index contributed by atoms with van der Waals surface area (Å²) >= 11 is 0. The van der Waals surface area contributed by atoms with Gasteiger partial charge in [0.2, 0.25) is 5.03 Å². The van der Waals surface area contributed by atoms with Gasteiger partial charge in [-0.25, -0.2) is 17.9 Å². The highest BCUT2D eigenvalue weighted by molar-refractivity contribution is 7.89. The minimum Gasteiger partial charge on any atom is -0.465 e. The number of H-pyrrole nitrogens is 1. The number of aromatic amines is 1. The van der Waals surface area contributed by atoms with Gasteiger partial charge in [-0.15, -0.1) is 0 Å². The molecule has 0 unspecified atom stereocenters. The van der Waals surface area contributed by atoms with Gasteiger partial charge in [0.25, 0.3) is 10.0 Å². The van der Waals surface area contributed by atoms with Crippen LogP contribution < -0.4 is 4.72 Å². The number of ether oxygens (including phenoxy) is 1. The molecule has 1 rings (SSSR count). The van der Waals surface area contributed by atoms with E-state index < -0.39 is 16.0 Å². The molecule has 8 heteroatoms. The smallest absolute Gasteiger partial charge is 0.342 e. The van der Waals surface area contributed by atoms with Crippen molar-refractivity contribution >= 4 is 16.0 Å². The molecule has 2 N–H and O–H groups in total. The Bertz CT molecular complexity index is 563. The second-order valence-electron chi connectivity index (χ2n) is 4.81. The maximum Gasteiger partial charge on any atom is 0.342 e. The number of esters is 1. The summed E-state index contributed by atoms with van der Waals surface area (Å²) in [5.41, 5.74) is 0.424. The molecule has 0 aliphatic rings. The number of aryl methyl sites for hydroxylation is 1. The SMILES string of the molecule is CCc1[nH]nc(S(=O)(=O)NCCC(C)C)c1C(=O)OC. The summed E-state index contributed by atoms with van der Waals surface area (Å²) in [6.07, 6.45) is 1.16. The van der Waals surface area contributed by atoms with E-state index in [0.717, 1.165) is 0 Å². The Morgan fingerprint density at radius 2 is 2.10 bits per heavy atom. The summed E-state index contributed by atoms with van der Waals surface area (Å²) in [4.78, 5) is 11.7. The van der Waals surface area contributed by atoms with E-state index in [0.29, 0.717) is 31.0 Å². The van der Waals surface area contributed by atoms with Crippen LogP contribution in [0, 0.1) is 5.92 Å². The highest BCUT2D eigenvalue weighted by Crippen LogP contribution is 2.18. The van der Waals surface area contributed by atoms with Crippen LogP contribution in [0.1, 0.15) is 43.2 Å². The standard InChI is InChI=1S/C12H21N3O4S/c1-5-9-10(12(16)19-4)11(15-14-9)20(17,18)13-7-6-8(2)3/h8,13H,5-7H2,1-4H3,(H,14,15). The van der Waals surface area contributed by atoms with E-state index in [-0.39, 0.29) is 10.6 Å². The Labute approximate surface area is 119 Å². The van der Waals surface area contributed by atoms with Gasteiger partial charge >= 0.3 is 5.97 Å². The first-order chi connectivity index (χ1) is 9.33. The van der Waals surface area contributed by atoms with Crippen molar-refractivity contribution in [3.05, 3.63) is 11.3 Å². The topological polar surface area (TPSA) is 101 Å². The first kappa shape index (κ1) is 16.6. The number of aromatic nitrogens is 2. The number of hydrogen-bond acceptors (Lipinski definition) is 5. The van der Waals surface area contributed by atoms with Crippen molar-refractivity contribution in [3.8, 4) is 0 Å². The molecule has 0 aliphatic carbocycles. The second-order valence-corrected chi connectivity index (χ2v) is 6.49. The van der Waals surface area contributed by atoms with Crippen molar-refractivity contribution in [1.82, 2.24) is 14.9 Å². The number of methoxy groups -OCH3 is 1. The lowest BCUT2D eigenvalue weighted by Gasteiger charge is -2.08. The van der Waals surface area contributed by atoms with Crippen LogP contribution in [-0.4, -0.2) is 38.2 Å². The molecule has 0 radical (unpaired) electrons. The van der Waals surface area contributed by atoms with Crippen LogP contribution in [0.4, 0.5) is 0 Å².